The number of nitrogens with zero attached hydrogens (tertiary/aromatic N) is 3. The van der Waals surface area contributed by atoms with Gasteiger partial charge in [-0.2, -0.15) is 0 Å². The molecule has 1 N–H and O–H groups in total. The molecule has 2 aromatic heterocycles. The first-order valence-corrected chi connectivity index (χ1v) is 6.82. The van der Waals surface area contributed by atoms with Gasteiger partial charge in [0, 0.05) is 18.3 Å². The summed E-state index contributed by atoms with van der Waals surface area (Å²) >= 11 is 2.05. The summed E-state index contributed by atoms with van der Waals surface area (Å²) in [5.41, 5.74) is 1.76. The zero-order chi connectivity index (χ0) is 12.7. The Morgan fingerprint density at radius 1 is 1.33 bits per heavy atom. The van der Waals surface area contributed by atoms with E-state index in [4.69, 9.17) is 0 Å². The number of nitrogens with one attached hydrogen (secondary N) is 1. The van der Waals surface area contributed by atoms with E-state index < -0.39 is 0 Å². The highest BCUT2D eigenvalue weighted by molar-refractivity contribution is 14.1. The van der Waals surface area contributed by atoms with Gasteiger partial charge in [-0.05, 0) is 47.9 Å². The first-order valence-electron chi connectivity index (χ1n) is 5.74. The molecular formula is C12H11IN4O. The van der Waals surface area contributed by atoms with E-state index in [1.807, 2.05) is 6.92 Å². The van der Waals surface area contributed by atoms with Crippen LogP contribution in [0.2, 0.25) is 0 Å². The number of hydrogen-bond donors (Lipinski definition) is 1. The molecule has 0 aromatic carbocycles. The number of aromatic amines is 1. The van der Waals surface area contributed by atoms with Crippen molar-refractivity contribution in [3.05, 3.63) is 37.6 Å². The molecule has 0 amide bonds. The Hall–Kier alpha value is -1.31. The number of hydrogen-bond acceptors (Lipinski definition) is 4. The Kier molecular flexibility index (Phi) is 2.89. The highest BCUT2D eigenvalue weighted by Gasteiger charge is 2.29. The van der Waals surface area contributed by atoms with Crippen molar-refractivity contribution >= 4 is 22.6 Å². The predicted molar refractivity (Wildman–Crippen MR) is 75.3 cm³/mol. The van der Waals surface area contributed by atoms with Crippen LogP contribution >= 0.6 is 22.6 Å². The average molecular weight is 354 g/mol. The highest BCUT2D eigenvalue weighted by Crippen LogP contribution is 2.40. The normalized spacial score (nSPS) is 14.8. The van der Waals surface area contributed by atoms with Gasteiger partial charge in [0.1, 0.15) is 3.57 Å². The molecule has 18 heavy (non-hydrogen) atoms. The van der Waals surface area contributed by atoms with Crippen LogP contribution in [0.25, 0.3) is 11.6 Å². The van der Waals surface area contributed by atoms with Crippen LogP contribution in [0.1, 0.15) is 30.0 Å². The number of H-pyrrole nitrogens is 1. The van der Waals surface area contributed by atoms with E-state index in [0.29, 0.717) is 21.1 Å². The van der Waals surface area contributed by atoms with Crippen LogP contribution in [-0.4, -0.2) is 19.9 Å². The lowest BCUT2D eigenvalue weighted by Crippen LogP contribution is -2.16. The minimum Gasteiger partial charge on any atom is -0.303 e. The van der Waals surface area contributed by atoms with Crippen LogP contribution < -0.4 is 5.56 Å². The monoisotopic (exact) mass is 354 g/mol. The van der Waals surface area contributed by atoms with Gasteiger partial charge < -0.3 is 4.98 Å². The molecule has 0 saturated heterocycles. The zero-order valence-electron chi connectivity index (χ0n) is 9.77. The predicted octanol–water partition coefficient (Wildman–Crippen LogP) is 2.02. The third-order valence-corrected chi connectivity index (χ3v) is 3.89. The molecule has 5 nitrogen and oxygen atoms in total. The van der Waals surface area contributed by atoms with Gasteiger partial charge >= 0.3 is 0 Å². The Morgan fingerprint density at radius 2 is 2.00 bits per heavy atom. The maximum atomic E-state index is 11.9. The Labute approximate surface area is 117 Å². The van der Waals surface area contributed by atoms with E-state index in [-0.39, 0.29) is 5.56 Å². The molecule has 2 aromatic rings. The second-order valence-corrected chi connectivity index (χ2v) is 5.55. The number of aromatic nitrogens is 4. The van der Waals surface area contributed by atoms with Crippen molar-refractivity contribution in [3.63, 3.8) is 0 Å². The van der Waals surface area contributed by atoms with Crippen molar-refractivity contribution in [2.24, 2.45) is 0 Å². The van der Waals surface area contributed by atoms with Crippen molar-refractivity contribution < 1.29 is 0 Å². The second kappa shape index (κ2) is 4.42. The molecule has 0 radical (unpaired) electrons. The number of halogens is 1. The number of rotatable bonds is 2. The van der Waals surface area contributed by atoms with E-state index in [0.717, 1.165) is 24.1 Å². The fraction of sp³-hybridized carbons (Fsp3) is 0.333. The van der Waals surface area contributed by atoms with Crippen LogP contribution in [0.5, 0.6) is 0 Å². The molecule has 0 bridgehead atoms. The SMILES string of the molecule is Cc1cnc(-c2nc(C3CC3)c(I)c(=O)[nH]2)nc1. The summed E-state index contributed by atoms with van der Waals surface area (Å²) in [6.07, 6.45) is 5.66. The summed E-state index contributed by atoms with van der Waals surface area (Å²) in [6.45, 7) is 1.92. The molecule has 0 spiro atoms. The molecule has 0 aliphatic heterocycles. The first kappa shape index (κ1) is 11.8. The van der Waals surface area contributed by atoms with E-state index in [2.05, 4.69) is 42.5 Å². The quantitative estimate of drug-likeness (QED) is 0.838. The maximum absolute atomic E-state index is 11.9. The summed E-state index contributed by atoms with van der Waals surface area (Å²) < 4.78 is 0.686. The van der Waals surface area contributed by atoms with Crippen LogP contribution in [-0.2, 0) is 0 Å². The van der Waals surface area contributed by atoms with Gasteiger partial charge in [0.2, 0.25) is 0 Å². The molecule has 92 valence electrons. The molecule has 0 unspecified atom stereocenters. The molecule has 1 aliphatic carbocycles. The largest absolute Gasteiger partial charge is 0.303 e. The van der Waals surface area contributed by atoms with Crippen molar-refractivity contribution in [2.75, 3.05) is 0 Å². The lowest BCUT2D eigenvalue weighted by atomic mass is 10.3. The maximum Gasteiger partial charge on any atom is 0.264 e. The molecule has 6 heteroatoms. The van der Waals surface area contributed by atoms with Crippen LogP contribution in [0, 0.1) is 10.5 Å². The van der Waals surface area contributed by atoms with Crippen LogP contribution in [0.15, 0.2) is 17.2 Å². The molecule has 3 rings (SSSR count). The van der Waals surface area contributed by atoms with Crippen molar-refractivity contribution in [3.8, 4) is 11.6 Å². The van der Waals surface area contributed by atoms with Crippen LogP contribution in [0.3, 0.4) is 0 Å². The zero-order valence-corrected chi connectivity index (χ0v) is 11.9. The fourth-order valence-electron chi connectivity index (χ4n) is 1.72. The first-order chi connectivity index (χ1) is 8.65. The smallest absolute Gasteiger partial charge is 0.264 e. The lowest BCUT2D eigenvalue weighted by Gasteiger charge is -2.04. The van der Waals surface area contributed by atoms with Gasteiger partial charge in [-0.15, -0.1) is 0 Å². The summed E-state index contributed by atoms with van der Waals surface area (Å²) in [6, 6.07) is 0. The van der Waals surface area contributed by atoms with Crippen molar-refractivity contribution in [1.29, 1.82) is 0 Å². The molecular weight excluding hydrogens is 343 g/mol. The Morgan fingerprint density at radius 3 is 2.61 bits per heavy atom. The standard InChI is InChI=1S/C12H11IN4O/c1-6-4-14-10(15-5-6)11-16-9(7-2-3-7)8(13)12(18)17-11/h4-5,7H,2-3H2,1H3,(H,16,17,18). The fourth-order valence-corrected chi connectivity index (χ4v) is 2.42. The summed E-state index contributed by atoms with van der Waals surface area (Å²) in [7, 11) is 0. The van der Waals surface area contributed by atoms with Gasteiger partial charge in [0.25, 0.3) is 5.56 Å². The third kappa shape index (κ3) is 2.16. The second-order valence-electron chi connectivity index (χ2n) is 4.47. The van der Waals surface area contributed by atoms with E-state index in [9.17, 15) is 4.79 Å². The average Bonchev–Trinajstić information content (AvgIpc) is 3.18. The molecule has 2 heterocycles. The molecule has 1 saturated carbocycles. The molecule has 1 fully saturated rings. The van der Waals surface area contributed by atoms with Gasteiger partial charge in [-0.25, -0.2) is 15.0 Å². The highest BCUT2D eigenvalue weighted by atomic mass is 127. The lowest BCUT2D eigenvalue weighted by molar-refractivity contribution is 0.940. The van der Waals surface area contributed by atoms with E-state index >= 15 is 0 Å². The summed E-state index contributed by atoms with van der Waals surface area (Å²) in [4.78, 5) is 27.5. The Bertz CT molecular complexity index is 646. The minimum atomic E-state index is -0.105. The third-order valence-electron chi connectivity index (χ3n) is 2.85. The molecule has 1 aliphatic rings. The van der Waals surface area contributed by atoms with E-state index in [1.165, 1.54) is 0 Å². The van der Waals surface area contributed by atoms with Gasteiger partial charge in [0.15, 0.2) is 11.6 Å². The summed E-state index contributed by atoms with van der Waals surface area (Å²) in [5.74, 6) is 1.36. The van der Waals surface area contributed by atoms with Gasteiger partial charge in [-0.1, -0.05) is 0 Å². The summed E-state index contributed by atoms with van der Waals surface area (Å²) in [5, 5.41) is 0. The van der Waals surface area contributed by atoms with Gasteiger partial charge in [0.05, 0.1) is 5.69 Å². The van der Waals surface area contributed by atoms with Crippen molar-refractivity contribution in [1.82, 2.24) is 19.9 Å². The molecule has 0 atom stereocenters. The number of aryl methyl sites for hydroxylation is 1. The van der Waals surface area contributed by atoms with Crippen LogP contribution in [0.4, 0.5) is 0 Å². The Balaban J connectivity index is 2.12. The van der Waals surface area contributed by atoms with Gasteiger partial charge in [-0.3, -0.25) is 4.79 Å². The van der Waals surface area contributed by atoms with E-state index in [1.54, 1.807) is 12.4 Å². The minimum absolute atomic E-state index is 0.105. The van der Waals surface area contributed by atoms with Crippen molar-refractivity contribution in [2.45, 2.75) is 25.7 Å². The topological polar surface area (TPSA) is 71.5 Å².